The Morgan fingerprint density at radius 1 is 1.29 bits per heavy atom. The monoisotopic (exact) mass is 100 g/mol. The predicted octanol–water partition coefficient (Wildman–Crippen LogP) is 1.02. The first-order valence-corrected chi connectivity index (χ1v) is 2.79. The molecule has 1 aliphatic rings. The average molecular weight is 100 g/mol. The molecule has 0 radical (unpaired) electrons. The lowest BCUT2D eigenvalue weighted by Gasteiger charge is -1.94. The van der Waals surface area contributed by atoms with E-state index in [1.165, 1.54) is 0 Å². The zero-order valence-electron chi connectivity index (χ0n) is 5.10. The molecule has 1 heteroatoms. The quantitative estimate of drug-likeness (QED) is 0.482. The van der Waals surface area contributed by atoms with Crippen LogP contribution in [-0.2, 0) is 0 Å². The summed E-state index contributed by atoms with van der Waals surface area (Å²) in [5.41, 5.74) is -0.333. The minimum Gasteiger partial charge on any atom is -0.390 e. The smallest absolute Gasteiger partial charge is 0.0677 e. The van der Waals surface area contributed by atoms with Gasteiger partial charge in [-0.1, -0.05) is 13.8 Å². The van der Waals surface area contributed by atoms with E-state index in [-0.39, 0.29) is 5.60 Å². The van der Waals surface area contributed by atoms with Crippen LogP contribution in [0.15, 0.2) is 0 Å². The first kappa shape index (κ1) is 5.10. The summed E-state index contributed by atoms with van der Waals surface area (Å²) >= 11 is 0. The Morgan fingerprint density at radius 3 is 1.43 bits per heavy atom. The van der Waals surface area contributed by atoms with Crippen molar-refractivity contribution in [2.75, 3.05) is 0 Å². The molecule has 1 saturated carbocycles. The lowest BCUT2D eigenvalue weighted by molar-refractivity contribution is 0.143. The molecule has 1 rings (SSSR count). The van der Waals surface area contributed by atoms with Crippen molar-refractivity contribution < 1.29 is 5.11 Å². The SMILES string of the molecule is CC1C(C)C1(C)O. The summed E-state index contributed by atoms with van der Waals surface area (Å²) in [6.07, 6.45) is 0. The van der Waals surface area contributed by atoms with E-state index in [0.717, 1.165) is 0 Å². The van der Waals surface area contributed by atoms with Gasteiger partial charge in [0.05, 0.1) is 5.60 Å². The van der Waals surface area contributed by atoms with Gasteiger partial charge < -0.3 is 5.11 Å². The van der Waals surface area contributed by atoms with Crippen LogP contribution in [0.1, 0.15) is 20.8 Å². The Balaban J connectivity index is 2.52. The molecule has 1 N–H and O–H groups in total. The summed E-state index contributed by atoms with van der Waals surface area (Å²) in [5.74, 6) is 1.04. The van der Waals surface area contributed by atoms with Gasteiger partial charge in [0.15, 0.2) is 0 Å². The van der Waals surface area contributed by atoms with Crippen LogP contribution in [-0.4, -0.2) is 10.7 Å². The molecule has 2 atom stereocenters. The second kappa shape index (κ2) is 1.03. The molecule has 1 fully saturated rings. The van der Waals surface area contributed by atoms with Gasteiger partial charge in [-0.05, 0) is 18.8 Å². The molecule has 1 nitrogen and oxygen atoms in total. The maximum atomic E-state index is 9.17. The van der Waals surface area contributed by atoms with Gasteiger partial charge in [-0.3, -0.25) is 0 Å². The third-order valence-corrected chi connectivity index (χ3v) is 2.48. The fraction of sp³-hybridized carbons (Fsp3) is 1.00. The molecule has 0 amide bonds. The third kappa shape index (κ3) is 0.480. The van der Waals surface area contributed by atoms with Gasteiger partial charge in [-0.25, -0.2) is 0 Å². The molecule has 0 aromatic carbocycles. The Bertz CT molecular complexity index is 76.2. The van der Waals surface area contributed by atoms with E-state index in [2.05, 4.69) is 13.8 Å². The van der Waals surface area contributed by atoms with E-state index >= 15 is 0 Å². The van der Waals surface area contributed by atoms with Gasteiger partial charge in [-0.15, -0.1) is 0 Å². The van der Waals surface area contributed by atoms with Crippen molar-refractivity contribution in [3.05, 3.63) is 0 Å². The minimum atomic E-state index is -0.333. The summed E-state index contributed by atoms with van der Waals surface area (Å²) in [5, 5.41) is 9.17. The van der Waals surface area contributed by atoms with E-state index in [4.69, 9.17) is 5.11 Å². The highest BCUT2D eigenvalue weighted by Gasteiger charge is 2.53. The van der Waals surface area contributed by atoms with Crippen LogP contribution in [0.5, 0.6) is 0 Å². The molecule has 0 aromatic heterocycles. The van der Waals surface area contributed by atoms with E-state index in [1.54, 1.807) is 0 Å². The summed E-state index contributed by atoms with van der Waals surface area (Å²) in [7, 11) is 0. The summed E-state index contributed by atoms with van der Waals surface area (Å²) < 4.78 is 0. The molecule has 0 spiro atoms. The number of aliphatic hydroxyl groups is 1. The summed E-state index contributed by atoms with van der Waals surface area (Å²) in [4.78, 5) is 0. The molecule has 0 saturated heterocycles. The van der Waals surface area contributed by atoms with Gasteiger partial charge in [0.25, 0.3) is 0 Å². The van der Waals surface area contributed by atoms with Crippen molar-refractivity contribution in [2.24, 2.45) is 11.8 Å². The van der Waals surface area contributed by atoms with Crippen molar-refractivity contribution in [3.8, 4) is 0 Å². The Hall–Kier alpha value is -0.0400. The second-order valence-electron chi connectivity index (χ2n) is 2.80. The van der Waals surface area contributed by atoms with Crippen LogP contribution >= 0.6 is 0 Å². The lowest BCUT2D eigenvalue weighted by Crippen LogP contribution is -2.02. The highest BCUT2D eigenvalue weighted by molar-refractivity contribution is 5.03. The highest BCUT2D eigenvalue weighted by atomic mass is 16.3. The first-order chi connectivity index (χ1) is 3.07. The van der Waals surface area contributed by atoms with Gasteiger partial charge in [-0.2, -0.15) is 0 Å². The topological polar surface area (TPSA) is 20.2 Å². The highest BCUT2D eigenvalue weighted by Crippen LogP contribution is 2.48. The average Bonchev–Trinajstić information content (AvgIpc) is 1.91. The molecule has 7 heavy (non-hydrogen) atoms. The van der Waals surface area contributed by atoms with Gasteiger partial charge in [0, 0.05) is 0 Å². The minimum absolute atomic E-state index is 0.333. The zero-order chi connectivity index (χ0) is 5.65. The standard InChI is InChI=1S/C6H12O/c1-4-5(2)6(4,3)7/h4-5,7H,1-3H3. The normalized spacial score (nSPS) is 60.0. The second-order valence-corrected chi connectivity index (χ2v) is 2.80. The Labute approximate surface area is 44.4 Å². The van der Waals surface area contributed by atoms with E-state index in [9.17, 15) is 0 Å². The van der Waals surface area contributed by atoms with Crippen LogP contribution < -0.4 is 0 Å². The molecule has 1 aliphatic carbocycles. The largest absolute Gasteiger partial charge is 0.390 e. The van der Waals surface area contributed by atoms with Crippen LogP contribution in [0, 0.1) is 11.8 Å². The molecule has 0 aromatic rings. The predicted molar refractivity (Wildman–Crippen MR) is 29.0 cm³/mol. The van der Waals surface area contributed by atoms with Crippen LogP contribution in [0.25, 0.3) is 0 Å². The molecule has 0 aliphatic heterocycles. The van der Waals surface area contributed by atoms with E-state index in [0.29, 0.717) is 11.8 Å². The van der Waals surface area contributed by atoms with Gasteiger partial charge in [0.1, 0.15) is 0 Å². The van der Waals surface area contributed by atoms with Crippen LogP contribution in [0.3, 0.4) is 0 Å². The summed E-state index contributed by atoms with van der Waals surface area (Å²) in [6.45, 7) is 6.04. The first-order valence-electron chi connectivity index (χ1n) is 2.79. The number of hydrogen-bond acceptors (Lipinski definition) is 1. The Morgan fingerprint density at radius 2 is 1.43 bits per heavy atom. The van der Waals surface area contributed by atoms with Gasteiger partial charge in [0.2, 0.25) is 0 Å². The molecular formula is C6H12O. The number of hydrogen-bond donors (Lipinski definition) is 1. The summed E-state index contributed by atoms with van der Waals surface area (Å²) in [6, 6.07) is 0. The molecule has 0 bridgehead atoms. The van der Waals surface area contributed by atoms with Gasteiger partial charge >= 0.3 is 0 Å². The van der Waals surface area contributed by atoms with E-state index < -0.39 is 0 Å². The molecule has 0 heterocycles. The maximum absolute atomic E-state index is 9.17. The molecule has 2 unspecified atom stereocenters. The molecule has 42 valence electrons. The zero-order valence-corrected chi connectivity index (χ0v) is 5.10. The molecular weight excluding hydrogens is 88.1 g/mol. The van der Waals surface area contributed by atoms with Crippen molar-refractivity contribution in [1.82, 2.24) is 0 Å². The van der Waals surface area contributed by atoms with Crippen molar-refractivity contribution in [2.45, 2.75) is 26.4 Å². The third-order valence-electron chi connectivity index (χ3n) is 2.48. The van der Waals surface area contributed by atoms with Crippen molar-refractivity contribution in [1.29, 1.82) is 0 Å². The van der Waals surface area contributed by atoms with E-state index in [1.807, 2.05) is 6.92 Å². The Kier molecular flexibility index (Phi) is 0.747. The maximum Gasteiger partial charge on any atom is 0.0677 e. The lowest BCUT2D eigenvalue weighted by atomic mass is 10.3. The van der Waals surface area contributed by atoms with Crippen molar-refractivity contribution in [3.63, 3.8) is 0 Å². The fourth-order valence-corrected chi connectivity index (χ4v) is 0.962. The number of rotatable bonds is 0. The fourth-order valence-electron chi connectivity index (χ4n) is 0.962. The van der Waals surface area contributed by atoms with Crippen LogP contribution in [0.2, 0.25) is 0 Å². The van der Waals surface area contributed by atoms with Crippen LogP contribution in [0.4, 0.5) is 0 Å². The van der Waals surface area contributed by atoms with Crippen molar-refractivity contribution >= 4 is 0 Å².